The van der Waals surface area contributed by atoms with Gasteiger partial charge in [0.15, 0.2) is 12.3 Å². The highest BCUT2D eigenvalue weighted by atomic mass is 19.4. The first kappa shape index (κ1) is 18.9. The predicted molar refractivity (Wildman–Crippen MR) is 89.5 cm³/mol. The van der Waals surface area contributed by atoms with Crippen molar-refractivity contribution in [1.82, 2.24) is 15.1 Å². The summed E-state index contributed by atoms with van der Waals surface area (Å²) in [7, 11) is 0. The van der Waals surface area contributed by atoms with Crippen LogP contribution in [-0.2, 0) is 6.54 Å². The Hall–Kier alpha value is -2.84. The highest BCUT2D eigenvalue weighted by Crippen LogP contribution is 2.29. The maximum atomic E-state index is 12.8. The number of alkyl halides is 3. The Morgan fingerprint density at radius 3 is 2.63 bits per heavy atom. The Kier molecular flexibility index (Phi) is 4.95. The second-order valence-electron chi connectivity index (χ2n) is 6.79. The summed E-state index contributed by atoms with van der Waals surface area (Å²) in [6.45, 7) is 2.91. The molecular weight excluding hydrogens is 363 g/mol. The molecule has 0 fully saturated rings. The Bertz CT molecular complexity index is 823. The minimum absolute atomic E-state index is 0.0181. The zero-order valence-electron chi connectivity index (χ0n) is 14.8. The van der Waals surface area contributed by atoms with E-state index < -0.39 is 24.3 Å². The van der Waals surface area contributed by atoms with Crippen LogP contribution in [0.25, 0.3) is 0 Å². The number of aromatic nitrogens is 2. The summed E-state index contributed by atoms with van der Waals surface area (Å²) < 4.78 is 47.0. The molecular formula is C18H18F3N3O3. The van der Waals surface area contributed by atoms with E-state index in [1.807, 2.05) is 38.1 Å². The molecule has 27 heavy (non-hydrogen) atoms. The van der Waals surface area contributed by atoms with Crippen molar-refractivity contribution in [3.05, 3.63) is 47.7 Å². The van der Waals surface area contributed by atoms with Gasteiger partial charge in [-0.15, -0.1) is 10.2 Å². The normalized spacial score (nSPS) is 16.1. The molecule has 0 radical (unpaired) electrons. The third kappa shape index (κ3) is 4.87. The van der Waals surface area contributed by atoms with Gasteiger partial charge < -0.3 is 14.4 Å². The number of rotatable bonds is 3. The van der Waals surface area contributed by atoms with Crippen molar-refractivity contribution >= 4 is 5.91 Å². The Labute approximate surface area is 153 Å². The van der Waals surface area contributed by atoms with Gasteiger partial charge in [-0.2, -0.15) is 13.2 Å². The first-order valence-electron chi connectivity index (χ1n) is 8.22. The maximum absolute atomic E-state index is 12.8. The molecule has 1 aromatic carbocycles. The predicted octanol–water partition coefficient (Wildman–Crippen LogP) is 3.23. The van der Waals surface area contributed by atoms with Crippen molar-refractivity contribution in [3.8, 4) is 11.6 Å². The monoisotopic (exact) mass is 381 g/mol. The summed E-state index contributed by atoms with van der Waals surface area (Å²) in [5.74, 6) is 0.0202. The van der Waals surface area contributed by atoms with E-state index in [-0.39, 0.29) is 11.6 Å². The number of amides is 1. The summed E-state index contributed by atoms with van der Waals surface area (Å²) in [4.78, 5) is 14.4. The fourth-order valence-corrected chi connectivity index (χ4v) is 2.76. The second kappa shape index (κ2) is 7.05. The number of benzene rings is 1. The first-order valence-corrected chi connectivity index (χ1v) is 8.22. The van der Waals surface area contributed by atoms with Crippen LogP contribution in [-0.4, -0.2) is 45.9 Å². The third-order valence-electron chi connectivity index (χ3n) is 3.82. The number of ether oxygens (including phenoxy) is 2. The average Bonchev–Trinajstić information content (AvgIpc) is 2.73. The number of fused-ring (bicyclic) bond motifs is 1. The molecule has 1 amide bonds. The lowest BCUT2D eigenvalue weighted by molar-refractivity contribution is -0.154. The highest BCUT2D eigenvalue weighted by molar-refractivity contribution is 5.92. The van der Waals surface area contributed by atoms with Crippen molar-refractivity contribution in [3.63, 3.8) is 0 Å². The highest BCUT2D eigenvalue weighted by Gasteiger charge is 2.32. The van der Waals surface area contributed by atoms with Crippen LogP contribution in [0.2, 0.25) is 0 Å². The summed E-state index contributed by atoms with van der Waals surface area (Å²) in [5.41, 5.74) is 0.255. The first-order chi connectivity index (χ1) is 12.6. The summed E-state index contributed by atoms with van der Waals surface area (Å²) in [6, 6.07) is 9.92. The molecule has 3 rings (SSSR count). The van der Waals surface area contributed by atoms with E-state index in [0.717, 1.165) is 5.56 Å². The molecule has 9 heteroatoms. The number of hydrogen-bond acceptors (Lipinski definition) is 5. The van der Waals surface area contributed by atoms with Crippen molar-refractivity contribution < 1.29 is 27.4 Å². The van der Waals surface area contributed by atoms with Gasteiger partial charge in [0.2, 0.25) is 5.88 Å². The molecule has 144 valence electrons. The van der Waals surface area contributed by atoms with Crippen LogP contribution in [0, 0.1) is 0 Å². The molecule has 6 nitrogen and oxygen atoms in total. The number of halogens is 3. The molecule has 0 N–H and O–H groups in total. The van der Waals surface area contributed by atoms with Gasteiger partial charge in [-0.3, -0.25) is 4.79 Å². The Balaban J connectivity index is 1.76. The number of nitrogens with zero attached hydrogens (tertiary/aromatic N) is 3. The Morgan fingerprint density at radius 2 is 1.96 bits per heavy atom. The van der Waals surface area contributed by atoms with Crippen molar-refractivity contribution in [2.24, 2.45) is 0 Å². The minimum atomic E-state index is -4.47. The number of para-hydroxylation sites is 1. The molecule has 0 saturated heterocycles. The number of hydrogen-bond donors (Lipinski definition) is 0. The van der Waals surface area contributed by atoms with Gasteiger partial charge in [-0.25, -0.2) is 0 Å². The molecule has 1 aliphatic rings. The zero-order chi connectivity index (χ0) is 19.7. The average molecular weight is 381 g/mol. The van der Waals surface area contributed by atoms with Crippen molar-refractivity contribution in [1.29, 1.82) is 0 Å². The van der Waals surface area contributed by atoms with Crippen LogP contribution < -0.4 is 9.47 Å². The quantitative estimate of drug-likeness (QED) is 0.817. The zero-order valence-corrected chi connectivity index (χ0v) is 14.8. The molecule has 0 atom stereocenters. The molecule has 2 heterocycles. The van der Waals surface area contributed by atoms with Gasteiger partial charge in [-0.05, 0) is 26.0 Å². The van der Waals surface area contributed by atoms with Crippen LogP contribution in [0.15, 0.2) is 36.4 Å². The van der Waals surface area contributed by atoms with E-state index in [0.29, 0.717) is 18.8 Å². The van der Waals surface area contributed by atoms with Gasteiger partial charge in [0, 0.05) is 18.2 Å². The molecule has 0 unspecified atom stereocenters. The van der Waals surface area contributed by atoms with Gasteiger partial charge in [-0.1, -0.05) is 18.2 Å². The van der Waals surface area contributed by atoms with E-state index in [4.69, 9.17) is 4.74 Å². The van der Waals surface area contributed by atoms with Crippen LogP contribution in [0.4, 0.5) is 13.2 Å². The van der Waals surface area contributed by atoms with E-state index in [9.17, 15) is 18.0 Å². The van der Waals surface area contributed by atoms with Gasteiger partial charge in [0.05, 0.1) is 6.54 Å². The Morgan fingerprint density at radius 1 is 1.22 bits per heavy atom. The van der Waals surface area contributed by atoms with Crippen molar-refractivity contribution in [2.45, 2.75) is 32.2 Å². The maximum Gasteiger partial charge on any atom is 0.422 e. The second-order valence-corrected chi connectivity index (χ2v) is 6.79. The SMILES string of the molecule is CC1(C)CN(C(=O)c2ccc(OCC(F)(F)F)nn2)Cc2ccccc2O1. The van der Waals surface area contributed by atoms with Gasteiger partial charge >= 0.3 is 6.18 Å². The summed E-state index contributed by atoms with van der Waals surface area (Å²) in [5, 5.41) is 7.27. The van der Waals surface area contributed by atoms with Crippen LogP contribution >= 0.6 is 0 Å². The standard InChI is InChI=1S/C18H18F3N3O3/c1-17(2)10-24(9-12-5-3-4-6-14(12)27-17)16(25)13-7-8-15(23-22-13)26-11-18(19,20)21/h3-8H,9-11H2,1-2H3. The summed E-state index contributed by atoms with van der Waals surface area (Å²) >= 11 is 0. The topological polar surface area (TPSA) is 64.6 Å². The van der Waals surface area contributed by atoms with Crippen LogP contribution in [0.5, 0.6) is 11.6 Å². The molecule has 0 bridgehead atoms. The largest absolute Gasteiger partial charge is 0.486 e. The lowest BCUT2D eigenvalue weighted by Gasteiger charge is -2.29. The van der Waals surface area contributed by atoms with Crippen LogP contribution in [0.3, 0.4) is 0 Å². The van der Waals surface area contributed by atoms with E-state index >= 15 is 0 Å². The van der Waals surface area contributed by atoms with Gasteiger partial charge in [0.1, 0.15) is 11.4 Å². The minimum Gasteiger partial charge on any atom is -0.486 e. The van der Waals surface area contributed by atoms with E-state index in [1.165, 1.54) is 12.1 Å². The van der Waals surface area contributed by atoms with Gasteiger partial charge in [0.25, 0.3) is 5.91 Å². The smallest absolute Gasteiger partial charge is 0.422 e. The van der Waals surface area contributed by atoms with E-state index in [2.05, 4.69) is 14.9 Å². The third-order valence-corrected chi connectivity index (χ3v) is 3.82. The molecule has 1 aliphatic heterocycles. The number of carbonyl (C=O) groups excluding carboxylic acids is 1. The van der Waals surface area contributed by atoms with E-state index in [1.54, 1.807) is 4.90 Å². The lowest BCUT2D eigenvalue weighted by Crippen LogP contribution is -2.43. The lowest BCUT2D eigenvalue weighted by atomic mass is 10.1. The molecule has 0 saturated carbocycles. The van der Waals surface area contributed by atoms with Crippen LogP contribution in [0.1, 0.15) is 29.9 Å². The molecule has 1 aromatic heterocycles. The molecule has 2 aromatic rings. The fourth-order valence-electron chi connectivity index (χ4n) is 2.76. The molecule has 0 spiro atoms. The summed E-state index contributed by atoms with van der Waals surface area (Å²) in [6.07, 6.45) is -4.47. The fraction of sp³-hybridized carbons (Fsp3) is 0.389. The molecule has 0 aliphatic carbocycles. The van der Waals surface area contributed by atoms with Crippen molar-refractivity contribution in [2.75, 3.05) is 13.2 Å². The number of carbonyl (C=O) groups is 1.